The number of para-hydroxylation sites is 2. The summed E-state index contributed by atoms with van der Waals surface area (Å²) in [6.07, 6.45) is 2.70. The quantitative estimate of drug-likeness (QED) is 0.819. The highest BCUT2D eigenvalue weighted by molar-refractivity contribution is 6.00. The van der Waals surface area contributed by atoms with E-state index in [0.717, 1.165) is 30.8 Å². The lowest BCUT2D eigenvalue weighted by molar-refractivity contribution is -0.137. The number of anilines is 2. The zero-order chi connectivity index (χ0) is 18.4. The Bertz CT molecular complexity index is 761. The number of carbonyl (C=O) groups is 2. The van der Waals surface area contributed by atoms with Gasteiger partial charge in [-0.3, -0.25) is 9.59 Å². The summed E-state index contributed by atoms with van der Waals surface area (Å²) in [5.41, 5.74) is 2.37. The maximum absolute atomic E-state index is 13.1. The zero-order valence-electron chi connectivity index (χ0n) is 14.7. The molecular weight excluding hydrogens is 328 g/mol. The molecule has 1 heterocycles. The normalized spacial score (nSPS) is 16.9. The van der Waals surface area contributed by atoms with Gasteiger partial charge in [-0.1, -0.05) is 30.3 Å². The Morgan fingerprint density at radius 2 is 1.81 bits per heavy atom. The molecule has 0 bridgehead atoms. The van der Waals surface area contributed by atoms with Crippen molar-refractivity contribution in [3.8, 4) is 0 Å². The number of nitrogens with zero attached hydrogens (tertiary/aromatic N) is 1. The van der Waals surface area contributed by atoms with Crippen LogP contribution in [0.4, 0.5) is 11.4 Å². The fraction of sp³-hybridized carbons (Fsp3) is 0.333. The van der Waals surface area contributed by atoms with E-state index < -0.39 is 5.97 Å². The third kappa shape index (κ3) is 4.63. The number of carbonyl (C=O) groups excluding carboxylic acids is 1. The van der Waals surface area contributed by atoms with Crippen molar-refractivity contribution in [1.29, 1.82) is 0 Å². The molecule has 0 aliphatic carbocycles. The van der Waals surface area contributed by atoms with E-state index in [1.807, 2.05) is 59.5 Å². The monoisotopic (exact) mass is 352 g/mol. The number of carboxylic acid groups (broad SMARTS) is 1. The average Bonchev–Trinajstić information content (AvgIpc) is 2.67. The first-order valence-corrected chi connectivity index (χ1v) is 9.05. The molecule has 2 aromatic rings. The van der Waals surface area contributed by atoms with Crippen molar-refractivity contribution in [2.45, 2.75) is 25.7 Å². The van der Waals surface area contributed by atoms with E-state index in [4.69, 9.17) is 5.11 Å². The highest BCUT2D eigenvalue weighted by Gasteiger charge is 2.26. The summed E-state index contributed by atoms with van der Waals surface area (Å²) < 4.78 is 0. The Morgan fingerprint density at radius 3 is 2.58 bits per heavy atom. The van der Waals surface area contributed by atoms with Gasteiger partial charge in [0, 0.05) is 25.2 Å². The Hall–Kier alpha value is -2.82. The highest BCUT2D eigenvalue weighted by Crippen LogP contribution is 2.26. The minimum atomic E-state index is -0.772. The molecule has 1 amide bonds. The fourth-order valence-electron chi connectivity index (χ4n) is 3.44. The van der Waals surface area contributed by atoms with E-state index >= 15 is 0 Å². The van der Waals surface area contributed by atoms with Crippen molar-refractivity contribution < 1.29 is 14.7 Å². The topological polar surface area (TPSA) is 69.6 Å². The summed E-state index contributed by atoms with van der Waals surface area (Å²) in [5.74, 6) is -0.507. The number of piperidine rings is 1. The van der Waals surface area contributed by atoms with Gasteiger partial charge < -0.3 is 15.3 Å². The molecule has 26 heavy (non-hydrogen) atoms. The predicted molar refractivity (Wildman–Crippen MR) is 102 cm³/mol. The second-order valence-electron chi connectivity index (χ2n) is 6.73. The third-order valence-electron chi connectivity index (χ3n) is 4.78. The first-order chi connectivity index (χ1) is 12.6. The van der Waals surface area contributed by atoms with Crippen LogP contribution in [0, 0.1) is 5.92 Å². The van der Waals surface area contributed by atoms with Crippen LogP contribution in [0.2, 0.25) is 0 Å². The molecule has 2 aromatic carbocycles. The van der Waals surface area contributed by atoms with Gasteiger partial charge in [0.15, 0.2) is 0 Å². The van der Waals surface area contributed by atoms with Gasteiger partial charge in [0.2, 0.25) is 0 Å². The second kappa shape index (κ2) is 8.52. The van der Waals surface area contributed by atoms with Gasteiger partial charge in [0.25, 0.3) is 5.91 Å². The number of aliphatic carboxylic acids is 1. The molecule has 1 unspecified atom stereocenters. The molecule has 0 saturated carbocycles. The Morgan fingerprint density at radius 1 is 1.08 bits per heavy atom. The predicted octanol–water partition coefficient (Wildman–Crippen LogP) is 4.15. The van der Waals surface area contributed by atoms with E-state index in [9.17, 15) is 9.59 Å². The first kappa shape index (κ1) is 18.0. The second-order valence-corrected chi connectivity index (χ2v) is 6.73. The van der Waals surface area contributed by atoms with E-state index in [-0.39, 0.29) is 18.2 Å². The molecule has 1 aliphatic heterocycles. The third-order valence-corrected chi connectivity index (χ3v) is 4.78. The van der Waals surface area contributed by atoms with Gasteiger partial charge in [0.05, 0.1) is 11.3 Å². The summed E-state index contributed by atoms with van der Waals surface area (Å²) in [6, 6.07) is 17.3. The number of carboxylic acids is 1. The van der Waals surface area contributed by atoms with Gasteiger partial charge in [0.1, 0.15) is 0 Å². The van der Waals surface area contributed by atoms with E-state index in [2.05, 4.69) is 5.32 Å². The SMILES string of the molecule is O=C(O)CCC1CCCN(C(=O)c2ccccc2Nc2ccccc2)C1. The van der Waals surface area contributed by atoms with Gasteiger partial charge >= 0.3 is 5.97 Å². The largest absolute Gasteiger partial charge is 0.481 e. The van der Waals surface area contributed by atoms with Crippen LogP contribution >= 0.6 is 0 Å². The number of likely N-dealkylation sites (tertiary alicyclic amines) is 1. The van der Waals surface area contributed by atoms with Crippen LogP contribution < -0.4 is 5.32 Å². The molecule has 5 nitrogen and oxygen atoms in total. The highest BCUT2D eigenvalue weighted by atomic mass is 16.4. The van der Waals surface area contributed by atoms with E-state index in [1.54, 1.807) is 0 Å². The number of rotatable bonds is 6. The molecule has 0 aromatic heterocycles. The Labute approximate surface area is 153 Å². The Balaban J connectivity index is 1.72. The van der Waals surface area contributed by atoms with Crippen molar-refractivity contribution in [3.05, 3.63) is 60.2 Å². The zero-order valence-corrected chi connectivity index (χ0v) is 14.7. The molecule has 1 fully saturated rings. The smallest absolute Gasteiger partial charge is 0.303 e. The molecule has 1 atom stereocenters. The van der Waals surface area contributed by atoms with Crippen molar-refractivity contribution in [2.24, 2.45) is 5.92 Å². The first-order valence-electron chi connectivity index (χ1n) is 9.05. The molecule has 5 heteroatoms. The maximum atomic E-state index is 13.1. The molecular formula is C21H24N2O3. The van der Waals surface area contributed by atoms with Gasteiger partial charge in [-0.25, -0.2) is 0 Å². The number of nitrogens with one attached hydrogen (secondary N) is 1. The molecule has 1 saturated heterocycles. The van der Waals surface area contributed by atoms with Crippen LogP contribution in [0.25, 0.3) is 0 Å². The van der Waals surface area contributed by atoms with E-state index in [0.29, 0.717) is 18.5 Å². The maximum Gasteiger partial charge on any atom is 0.303 e. The van der Waals surface area contributed by atoms with Crippen LogP contribution in [-0.4, -0.2) is 35.0 Å². The molecule has 0 radical (unpaired) electrons. The lowest BCUT2D eigenvalue weighted by atomic mass is 9.93. The number of hydrogen-bond donors (Lipinski definition) is 2. The van der Waals surface area contributed by atoms with E-state index in [1.165, 1.54) is 0 Å². The lowest BCUT2D eigenvalue weighted by Crippen LogP contribution is -2.40. The Kier molecular flexibility index (Phi) is 5.89. The molecule has 0 spiro atoms. The minimum Gasteiger partial charge on any atom is -0.481 e. The molecule has 136 valence electrons. The summed E-state index contributed by atoms with van der Waals surface area (Å²) >= 11 is 0. The van der Waals surface area contributed by atoms with Crippen molar-refractivity contribution in [3.63, 3.8) is 0 Å². The van der Waals surface area contributed by atoms with Gasteiger partial charge in [-0.15, -0.1) is 0 Å². The van der Waals surface area contributed by atoms with Crippen LogP contribution in [0.15, 0.2) is 54.6 Å². The fourth-order valence-corrected chi connectivity index (χ4v) is 3.44. The average molecular weight is 352 g/mol. The van der Waals surface area contributed by atoms with Gasteiger partial charge in [-0.05, 0) is 49.4 Å². The summed E-state index contributed by atoms with van der Waals surface area (Å²) in [5, 5.41) is 12.2. The number of benzene rings is 2. The van der Waals surface area contributed by atoms with Gasteiger partial charge in [-0.2, -0.15) is 0 Å². The molecule has 2 N–H and O–H groups in total. The van der Waals surface area contributed by atoms with Crippen LogP contribution in [-0.2, 0) is 4.79 Å². The summed E-state index contributed by atoms with van der Waals surface area (Å²) in [4.78, 5) is 25.7. The number of amides is 1. The van der Waals surface area contributed by atoms with Crippen LogP contribution in [0.1, 0.15) is 36.0 Å². The van der Waals surface area contributed by atoms with Crippen molar-refractivity contribution in [1.82, 2.24) is 4.90 Å². The lowest BCUT2D eigenvalue weighted by Gasteiger charge is -2.33. The molecule has 3 rings (SSSR count). The number of hydrogen-bond acceptors (Lipinski definition) is 3. The van der Waals surface area contributed by atoms with Crippen molar-refractivity contribution >= 4 is 23.3 Å². The minimum absolute atomic E-state index is 0.00376. The van der Waals surface area contributed by atoms with Crippen molar-refractivity contribution in [2.75, 3.05) is 18.4 Å². The molecule has 1 aliphatic rings. The summed E-state index contributed by atoms with van der Waals surface area (Å²) in [6.45, 7) is 1.36. The summed E-state index contributed by atoms with van der Waals surface area (Å²) in [7, 11) is 0. The van der Waals surface area contributed by atoms with Crippen LogP contribution in [0.3, 0.4) is 0 Å². The van der Waals surface area contributed by atoms with Crippen LogP contribution in [0.5, 0.6) is 0 Å². The standard InChI is InChI=1S/C21H24N2O3/c24-20(25)13-12-16-7-6-14-23(15-16)21(26)18-10-4-5-11-19(18)22-17-8-2-1-3-9-17/h1-5,8-11,16,22H,6-7,12-15H2,(H,24,25).